The van der Waals surface area contributed by atoms with Crippen LogP contribution in [0.2, 0.25) is 5.02 Å². The van der Waals surface area contributed by atoms with Gasteiger partial charge in [-0.1, -0.05) is 43.6 Å². The van der Waals surface area contributed by atoms with Crippen molar-refractivity contribution >= 4 is 33.2 Å². The lowest BCUT2D eigenvalue weighted by Crippen LogP contribution is -2.23. The summed E-state index contributed by atoms with van der Waals surface area (Å²) >= 11 is 6.15. The topological polar surface area (TPSA) is 66.5 Å². The molecule has 2 aromatic carbocycles. The Labute approximate surface area is 160 Å². The molecule has 0 aliphatic heterocycles. The van der Waals surface area contributed by atoms with E-state index in [4.69, 9.17) is 11.6 Å². The summed E-state index contributed by atoms with van der Waals surface area (Å²) in [5.74, 6) is -0.163. The highest BCUT2D eigenvalue weighted by Gasteiger charge is 2.21. The predicted molar refractivity (Wildman–Crippen MR) is 105 cm³/mol. The van der Waals surface area contributed by atoms with Crippen molar-refractivity contribution in [2.75, 3.05) is 19.4 Å². The Hall–Kier alpha value is -1.89. The molecule has 0 heterocycles. The fourth-order valence-electron chi connectivity index (χ4n) is 2.50. The summed E-state index contributed by atoms with van der Waals surface area (Å²) in [7, 11) is -0.780. The molecule has 2 rings (SSSR count). The van der Waals surface area contributed by atoms with Crippen LogP contribution < -0.4 is 5.32 Å². The van der Waals surface area contributed by atoms with E-state index in [0.29, 0.717) is 5.69 Å². The van der Waals surface area contributed by atoms with Crippen LogP contribution in [0.1, 0.15) is 42.1 Å². The molecule has 0 bridgehead atoms. The highest BCUT2D eigenvalue weighted by atomic mass is 35.5. The number of rotatable bonds is 6. The van der Waals surface area contributed by atoms with E-state index in [1.807, 2.05) is 24.3 Å². The van der Waals surface area contributed by atoms with Crippen LogP contribution in [0.15, 0.2) is 47.4 Å². The van der Waals surface area contributed by atoms with Crippen LogP contribution in [-0.4, -0.2) is 32.7 Å². The van der Waals surface area contributed by atoms with E-state index < -0.39 is 15.9 Å². The first-order valence-corrected chi connectivity index (χ1v) is 10.1. The van der Waals surface area contributed by atoms with Gasteiger partial charge in [-0.2, -0.15) is 0 Å². The summed E-state index contributed by atoms with van der Waals surface area (Å²) in [5, 5.41) is 3.05. The van der Waals surface area contributed by atoms with Crippen molar-refractivity contribution in [3.63, 3.8) is 0 Å². The molecular formula is C19H23ClN2O3S. The second kappa shape index (κ2) is 8.20. The number of para-hydroxylation sites is 1. The van der Waals surface area contributed by atoms with Crippen molar-refractivity contribution in [3.05, 3.63) is 58.6 Å². The van der Waals surface area contributed by atoms with E-state index in [-0.39, 0.29) is 21.4 Å². The van der Waals surface area contributed by atoms with Gasteiger partial charge < -0.3 is 5.32 Å². The maximum absolute atomic E-state index is 12.7. The number of nitrogens with one attached hydrogen (secondary N) is 1. The lowest BCUT2D eigenvalue weighted by atomic mass is 9.97. The Balaban J connectivity index is 2.40. The molecule has 0 unspecified atom stereocenters. The lowest BCUT2D eigenvalue weighted by Gasteiger charge is -2.17. The predicted octanol–water partition coefficient (Wildman–Crippen LogP) is 4.36. The number of nitrogens with zero attached hydrogens (tertiary/aromatic N) is 1. The van der Waals surface area contributed by atoms with E-state index >= 15 is 0 Å². The van der Waals surface area contributed by atoms with Gasteiger partial charge in [0.05, 0.1) is 15.5 Å². The van der Waals surface area contributed by atoms with Gasteiger partial charge in [0, 0.05) is 19.8 Å². The maximum atomic E-state index is 12.7. The fraction of sp³-hybridized carbons (Fsp3) is 0.316. The van der Waals surface area contributed by atoms with Gasteiger partial charge in [0.15, 0.2) is 0 Å². The Bertz CT molecular complexity index is 911. The van der Waals surface area contributed by atoms with E-state index in [1.54, 1.807) is 0 Å². The monoisotopic (exact) mass is 394 g/mol. The third-order valence-corrected chi connectivity index (χ3v) is 6.45. The molecule has 0 saturated heterocycles. The van der Waals surface area contributed by atoms with Crippen molar-refractivity contribution in [3.8, 4) is 0 Å². The van der Waals surface area contributed by atoms with Gasteiger partial charge >= 0.3 is 0 Å². The van der Waals surface area contributed by atoms with E-state index in [0.717, 1.165) is 16.3 Å². The quantitative estimate of drug-likeness (QED) is 0.791. The SMILES string of the molecule is CC[C@H](C)c1ccccc1NC(=O)c1cc(S(=O)(=O)N(C)C)ccc1Cl. The maximum Gasteiger partial charge on any atom is 0.257 e. The molecule has 0 spiro atoms. The largest absolute Gasteiger partial charge is 0.322 e. The van der Waals surface area contributed by atoms with Gasteiger partial charge in [0.25, 0.3) is 5.91 Å². The van der Waals surface area contributed by atoms with Gasteiger partial charge in [-0.25, -0.2) is 12.7 Å². The molecule has 1 N–H and O–H groups in total. The van der Waals surface area contributed by atoms with Crippen molar-refractivity contribution in [1.82, 2.24) is 4.31 Å². The third kappa shape index (κ3) is 4.26. The van der Waals surface area contributed by atoms with Crippen LogP contribution in [0.4, 0.5) is 5.69 Å². The normalized spacial score (nSPS) is 12.8. The molecule has 1 amide bonds. The molecule has 0 aliphatic rings. The molecule has 0 saturated carbocycles. The van der Waals surface area contributed by atoms with Crippen molar-refractivity contribution in [1.29, 1.82) is 0 Å². The minimum absolute atomic E-state index is 0.0206. The number of hydrogen-bond acceptors (Lipinski definition) is 3. The number of carbonyl (C=O) groups is 1. The minimum atomic E-state index is -3.65. The molecule has 1 atom stereocenters. The molecule has 5 nitrogen and oxygen atoms in total. The average Bonchev–Trinajstić information content (AvgIpc) is 2.61. The molecule has 7 heteroatoms. The molecule has 0 radical (unpaired) electrons. The number of anilines is 1. The van der Waals surface area contributed by atoms with Crippen LogP contribution in [0.3, 0.4) is 0 Å². The second-order valence-corrected chi connectivity index (χ2v) is 8.84. The zero-order chi connectivity index (χ0) is 19.5. The zero-order valence-corrected chi connectivity index (χ0v) is 16.9. The van der Waals surface area contributed by atoms with E-state index in [2.05, 4.69) is 19.2 Å². The summed E-state index contributed by atoms with van der Waals surface area (Å²) in [5.41, 5.74) is 1.84. The van der Waals surface area contributed by atoms with Gasteiger partial charge in [-0.05, 0) is 42.2 Å². The van der Waals surface area contributed by atoms with Gasteiger partial charge in [0.1, 0.15) is 0 Å². The first kappa shape index (κ1) is 20.4. The van der Waals surface area contributed by atoms with Crippen molar-refractivity contribution in [2.24, 2.45) is 0 Å². The highest BCUT2D eigenvalue weighted by Crippen LogP contribution is 2.28. The van der Waals surface area contributed by atoms with Crippen LogP contribution in [0, 0.1) is 0 Å². The Morgan fingerprint density at radius 1 is 1.19 bits per heavy atom. The van der Waals surface area contributed by atoms with Crippen molar-refractivity contribution in [2.45, 2.75) is 31.1 Å². The summed E-state index contributed by atoms with van der Waals surface area (Å²) in [6, 6.07) is 11.7. The number of hydrogen-bond donors (Lipinski definition) is 1. The number of carbonyl (C=O) groups excluding carboxylic acids is 1. The summed E-state index contributed by atoms with van der Waals surface area (Å²) < 4.78 is 25.7. The first-order chi connectivity index (χ1) is 12.2. The Kier molecular flexibility index (Phi) is 6.44. The zero-order valence-electron chi connectivity index (χ0n) is 15.3. The van der Waals surface area contributed by atoms with Crippen molar-refractivity contribution < 1.29 is 13.2 Å². The number of sulfonamides is 1. The van der Waals surface area contributed by atoms with Crippen LogP contribution in [-0.2, 0) is 10.0 Å². The molecule has 2 aromatic rings. The number of halogens is 1. The molecular weight excluding hydrogens is 372 g/mol. The molecule has 26 heavy (non-hydrogen) atoms. The summed E-state index contributed by atoms with van der Waals surface area (Å²) in [6.07, 6.45) is 0.935. The number of benzene rings is 2. The highest BCUT2D eigenvalue weighted by molar-refractivity contribution is 7.89. The molecule has 0 aromatic heterocycles. The summed E-state index contributed by atoms with van der Waals surface area (Å²) in [4.78, 5) is 12.8. The van der Waals surface area contributed by atoms with E-state index in [1.165, 1.54) is 32.3 Å². The molecule has 0 fully saturated rings. The molecule has 0 aliphatic carbocycles. The summed E-state index contributed by atoms with van der Waals surface area (Å²) in [6.45, 7) is 4.16. The van der Waals surface area contributed by atoms with Gasteiger partial charge in [0.2, 0.25) is 10.0 Å². The number of amides is 1. The van der Waals surface area contributed by atoms with Gasteiger partial charge in [-0.15, -0.1) is 0 Å². The standard InChI is InChI=1S/C19H23ClN2O3S/c1-5-13(2)15-8-6-7-9-18(15)21-19(23)16-12-14(10-11-17(16)20)26(24,25)22(3)4/h6-13H,5H2,1-4H3,(H,21,23)/t13-/m0/s1. The Morgan fingerprint density at radius 2 is 1.85 bits per heavy atom. The van der Waals surface area contributed by atoms with E-state index in [9.17, 15) is 13.2 Å². The average molecular weight is 395 g/mol. The van der Waals surface area contributed by atoms with Gasteiger partial charge in [-0.3, -0.25) is 4.79 Å². The van der Waals surface area contributed by atoms with Crippen LogP contribution >= 0.6 is 11.6 Å². The second-order valence-electron chi connectivity index (χ2n) is 6.28. The minimum Gasteiger partial charge on any atom is -0.322 e. The first-order valence-electron chi connectivity index (χ1n) is 8.30. The lowest BCUT2D eigenvalue weighted by molar-refractivity contribution is 0.102. The molecule has 140 valence electrons. The Morgan fingerprint density at radius 3 is 2.46 bits per heavy atom. The smallest absolute Gasteiger partial charge is 0.257 e. The van der Waals surface area contributed by atoms with Crippen LogP contribution in [0.25, 0.3) is 0 Å². The third-order valence-electron chi connectivity index (χ3n) is 4.31. The van der Waals surface area contributed by atoms with Crippen LogP contribution in [0.5, 0.6) is 0 Å². The fourth-order valence-corrected chi connectivity index (χ4v) is 3.63.